The van der Waals surface area contributed by atoms with Gasteiger partial charge in [0.1, 0.15) is 12.1 Å². The second-order valence-electron chi connectivity index (χ2n) is 8.79. The van der Waals surface area contributed by atoms with Crippen LogP contribution in [0.15, 0.2) is 66.7 Å². The summed E-state index contributed by atoms with van der Waals surface area (Å²) in [5, 5.41) is 4.86. The van der Waals surface area contributed by atoms with E-state index in [0.717, 1.165) is 39.8 Å². The van der Waals surface area contributed by atoms with E-state index in [0.29, 0.717) is 5.56 Å². The van der Waals surface area contributed by atoms with Gasteiger partial charge in [0.15, 0.2) is 0 Å². The van der Waals surface area contributed by atoms with Crippen LogP contribution >= 0.6 is 0 Å². The number of nitrogens with one attached hydrogen (secondary N) is 1. The van der Waals surface area contributed by atoms with Gasteiger partial charge >= 0.3 is 6.03 Å². The molecule has 5 rings (SSSR count). The standard InChI is InChI=1S/C26H25N3O3/c1-17-11-12-19-8-5-6-10-22(19)29(17)23(30)16-28-24(31)26(2,27-25(28)32)21-14-13-18-7-3-4-9-20(18)15-21/h3-10,13-15,17H,11-12,16H2,1-2H3,(H,27,32)/t17-,26+/m0/s1. The molecule has 0 aliphatic carbocycles. The number of amides is 4. The summed E-state index contributed by atoms with van der Waals surface area (Å²) in [6, 6.07) is 20.9. The van der Waals surface area contributed by atoms with Crippen molar-refractivity contribution in [1.82, 2.24) is 10.2 Å². The number of hydrogen-bond acceptors (Lipinski definition) is 3. The van der Waals surface area contributed by atoms with E-state index in [1.807, 2.05) is 73.7 Å². The van der Waals surface area contributed by atoms with Gasteiger partial charge in [-0.2, -0.15) is 0 Å². The highest BCUT2D eigenvalue weighted by Gasteiger charge is 2.50. The summed E-state index contributed by atoms with van der Waals surface area (Å²) in [5.41, 5.74) is 1.45. The third-order valence-corrected chi connectivity index (χ3v) is 6.69. The lowest BCUT2D eigenvalue weighted by Crippen LogP contribution is -2.49. The summed E-state index contributed by atoms with van der Waals surface area (Å²) in [5.74, 6) is -0.667. The van der Waals surface area contributed by atoms with Gasteiger partial charge in [0.05, 0.1) is 0 Å². The summed E-state index contributed by atoms with van der Waals surface area (Å²) in [4.78, 5) is 42.3. The number of para-hydroxylation sites is 1. The summed E-state index contributed by atoms with van der Waals surface area (Å²) in [7, 11) is 0. The lowest BCUT2D eigenvalue weighted by atomic mass is 9.90. The van der Waals surface area contributed by atoms with E-state index < -0.39 is 17.5 Å². The zero-order valence-electron chi connectivity index (χ0n) is 18.2. The van der Waals surface area contributed by atoms with Gasteiger partial charge in [-0.3, -0.25) is 14.5 Å². The minimum absolute atomic E-state index is 0.00466. The van der Waals surface area contributed by atoms with Gasteiger partial charge in [0, 0.05) is 11.7 Å². The fourth-order valence-corrected chi connectivity index (χ4v) is 4.82. The number of imide groups is 1. The van der Waals surface area contributed by atoms with Crippen LogP contribution in [0.4, 0.5) is 10.5 Å². The van der Waals surface area contributed by atoms with Crippen LogP contribution in [0.5, 0.6) is 0 Å². The Morgan fingerprint density at radius 2 is 1.75 bits per heavy atom. The van der Waals surface area contributed by atoms with Crippen molar-refractivity contribution in [2.75, 3.05) is 11.4 Å². The van der Waals surface area contributed by atoms with E-state index in [9.17, 15) is 14.4 Å². The first-order chi connectivity index (χ1) is 15.4. The van der Waals surface area contributed by atoms with Gasteiger partial charge in [0.2, 0.25) is 5.91 Å². The van der Waals surface area contributed by atoms with Crippen LogP contribution in [0.25, 0.3) is 10.8 Å². The second kappa shape index (κ2) is 7.48. The monoisotopic (exact) mass is 427 g/mol. The Morgan fingerprint density at radius 1 is 1.03 bits per heavy atom. The highest BCUT2D eigenvalue weighted by molar-refractivity contribution is 6.11. The van der Waals surface area contributed by atoms with E-state index in [1.165, 1.54) is 0 Å². The maximum atomic E-state index is 13.4. The summed E-state index contributed by atoms with van der Waals surface area (Å²) in [6.07, 6.45) is 1.75. The molecule has 1 fully saturated rings. The molecular weight excluding hydrogens is 402 g/mol. The minimum atomic E-state index is -1.22. The molecule has 0 saturated carbocycles. The van der Waals surface area contributed by atoms with Crippen molar-refractivity contribution in [3.8, 4) is 0 Å². The molecule has 4 amide bonds. The van der Waals surface area contributed by atoms with Crippen LogP contribution in [0.2, 0.25) is 0 Å². The van der Waals surface area contributed by atoms with Gasteiger partial charge in [0.25, 0.3) is 5.91 Å². The molecule has 0 radical (unpaired) electrons. The summed E-state index contributed by atoms with van der Waals surface area (Å²) < 4.78 is 0. The van der Waals surface area contributed by atoms with Crippen LogP contribution in [0, 0.1) is 0 Å². The molecule has 1 saturated heterocycles. The van der Waals surface area contributed by atoms with Crippen LogP contribution < -0.4 is 10.2 Å². The third-order valence-electron chi connectivity index (χ3n) is 6.69. The fourth-order valence-electron chi connectivity index (χ4n) is 4.82. The SMILES string of the molecule is C[C@H]1CCc2ccccc2N1C(=O)CN1C(=O)N[C@](C)(c2ccc3ccccc3c2)C1=O. The Balaban J connectivity index is 1.42. The van der Waals surface area contributed by atoms with E-state index in [-0.39, 0.29) is 18.5 Å². The highest BCUT2D eigenvalue weighted by atomic mass is 16.2. The quantitative estimate of drug-likeness (QED) is 0.643. The second-order valence-corrected chi connectivity index (χ2v) is 8.79. The molecule has 2 heterocycles. The van der Waals surface area contributed by atoms with Crippen molar-refractivity contribution in [2.24, 2.45) is 0 Å². The molecule has 3 aromatic rings. The number of carbonyl (C=O) groups excluding carboxylic acids is 3. The van der Waals surface area contributed by atoms with Crippen LogP contribution in [-0.2, 0) is 21.5 Å². The molecule has 0 unspecified atom stereocenters. The van der Waals surface area contributed by atoms with Crippen molar-refractivity contribution in [3.63, 3.8) is 0 Å². The van der Waals surface area contributed by atoms with Crippen molar-refractivity contribution < 1.29 is 14.4 Å². The molecule has 2 aliphatic heterocycles. The van der Waals surface area contributed by atoms with Crippen molar-refractivity contribution in [1.29, 1.82) is 0 Å². The number of rotatable bonds is 3. The largest absolute Gasteiger partial charge is 0.325 e. The normalized spacial score (nSPS) is 22.8. The first-order valence-corrected chi connectivity index (χ1v) is 10.9. The van der Waals surface area contributed by atoms with Crippen molar-refractivity contribution >= 4 is 34.3 Å². The average molecular weight is 428 g/mol. The Kier molecular flexibility index (Phi) is 4.73. The number of urea groups is 1. The fraction of sp³-hybridized carbons (Fsp3) is 0.269. The van der Waals surface area contributed by atoms with Crippen LogP contribution in [-0.4, -0.2) is 35.3 Å². The van der Waals surface area contributed by atoms with Crippen molar-refractivity contribution in [3.05, 3.63) is 77.9 Å². The maximum Gasteiger partial charge on any atom is 0.325 e. The zero-order chi connectivity index (χ0) is 22.5. The number of aryl methyl sites for hydroxylation is 1. The molecule has 6 heteroatoms. The third kappa shape index (κ3) is 3.14. The minimum Gasteiger partial charge on any atom is -0.319 e. The van der Waals surface area contributed by atoms with Gasteiger partial charge < -0.3 is 10.2 Å². The number of carbonyl (C=O) groups is 3. The van der Waals surface area contributed by atoms with E-state index in [2.05, 4.69) is 5.32 Å². The number of fused-ring (bicyclic) bond motifs is 2. The smallest absolute Gasteiger partial charge is 0.319 e. The topological polar surface area (TPSA) is 69.7 Å². The van der Waals surface area contributed by atoms with E-state index in [1.54, 1.807) is 11.8 Å². The maximum absolute atomic E-state index is 13.4. The molecular formula is C26H25N3O3. The molecule has 0 spiro atoms. The Bertz CT molecular complexity index is 1250. The molecule has 1 N–H and O–H groups in total. The molecule has 2 atom stereocenters. The lowest BCUT2D eigenvalue weighted by Gasteiger charge is -2.36. The molecule has 0 aromatic heterocycles. The van der Waals surface area contributed by atoms with Gasteiger partial charge in [-0.1, -0.05) is 54.6 Å². The number of anilines is 1. The lowest BCUT2D eigenvalue weighted by molar-refractivity contribution is -0.134. The number of benzene rings is 3. The van der Waals surface area contributed by atoms with Gasteiger partial charge in [-0.15, -0.1) is 0 Å². The number of hydrogen-bond donors (Lipinski definition) is 1. The molecule has 3 aromatic carbocycles. The predicted molar refractivity (Wildman–Crippen MR) is 123 cm³/mol. The molecule has 0 bridgehead atoms. The molecule has 162 valence electrons. The molecule has 6 nitrogen and oxygen atoms in total. The molecule has 2 aliphatic rings. The molecule has 32 heavy (non-hydrogen) atoms. The van der Waals surface area contributed by atoms with Gasteiger partial charge in [-0.25, -0.2) is 4.79 Å². The van der Waals surface area contributed by atoms with Crippen LogP contribution in [0.1, 0.15) is 31.4 Å². The average Bonchev–Trinajstić information content (AvgIpc) is 3.02. The van der Waals surface area contributed by atoms with Crippen LogP contribution in [0.3, 0.4) is 0 Å². The number of nitrogens with zero attached hydrogens (tertiary/aromatic N) is 2. The van der Waals surface area contributed by atoms with Crippen molar-refractivity contribution in [2.45, 2.75) is 38.3 Å². The highest BCUT2D eigenvalue weighted by Crippen LogP contribution is 2.33. The van der Waals surface area contributed by atoms with Gasteiger partial charge in [-0.05, 0) is 60.7 Å². The van der Waals surface area contributed by atoms with E-state index >= 15 is 0 Å². The first-order valence-electron chi connectivity index (χ1n) is 10.9. The Morgan fingerprint density at radius 3 is 2.56 bits per heavy atom. The zero-order valence-corrected chi connectivity index (χ0v) is 18.2. The first kappa shape index (κ1) is 20.2. The summed E-state index contributed by atoms with van der Waals surface area (Å²) in [6.45, 7) is 3.41. The summed E-state index contributed by atoms with van der Waals surface area (Å²) >= 11 is 0. The Hall–Kier alpha value is -3.67. The Labute approximate surface area is 186 Å². The van der Waals surface area contributed by atoms with E-state index in [4.69, 9.17) is 0 Å². The predicted octanol–water partition coefficient (Wildman–Crippen LogP) is 3.97.